The molecule has 0 aliphatic rings. The Kier molecular flexibility index (Phi) is 5.02. The van der Waals surface area contributed by atoms with Crippen LogP contribution in [-0.2, 0) is 5.33 Å². The molecule has 0 aliphatic heterocycles. The van der Waals surface area contributed by atoms with E-state index in [9.17, 15) is 0 Å². The van der Waals surface area contributed by atoms with Gasteiger partial charge < -0.3 is 4.90 Å². The fraction of sp³-hybridized carbons (Fsp3) is 0.636. The van der Waals surface area contributed by atoms with Gasteiger partial charge in [0.2, 0.25) is 5.95 Å². The molecule has 0 radical (unpaired) electrons. The van der Waals surface area contributed by atoms with E-state index in [0.29, 0.717) is 6.04 Å². The van der Waals surface area contributed by atoms with Crippen LogP contribution in [0, 0.1) is 0 Å². The van der Waals surface area contributed by atoms with Crippen LogP contribution in [0.3, 0.4) is 0 Å². The minimum Gasteiger partial charge on any atom is -0.338 e. The van der Waals surface area contributed by atoms with E-state index < -0.39 is 0 Å². The van der Waals surface area contributed by atoms with E-state index in [1.165, 1.54) is 0 Å². The second-order valence-electron chi connectivity index (χ2n) is 3.57. The van der Waals surface area contributed by atoms with E-state index in [-0.39, 0.29) is 0 Å². The summed E-state index contributed by atoms with van der Waals surface area (Å²) in [5.74, 6) is 0.830. The quantitative estimate of drug-likeness (QED) is 0.771. The summed E-state index contributed by atoms with van der Waals surface area (Å²) in [4.78, 5) is 11.0. The molecule has 1 aromatic heterocycles. The van der Waals surface area contributed by atoms with E-state index in [1.54, 1.807) is 0 Å². The molecule has 0 fully saturated rings. The molecule has 1 rings (SSSR count). The number of alkyl halides is 1. The van der Waals surface area contributed by atoms with Crippen LogP contribution in [0.1, 0.15) is 32.8 Å². The molecular formula is C11H18BrN3. The predicted octanol–water partition coefficient (Wildman–Crippen LogP) is 3.00. The smallest absolute Gasteiger partial charge is 0.225 e. The molecule has 1 heterocycles. The van der Waals surface area contributed by atoms with E-state index in [4.69, 9.17) is 0 Å². The van der Waals surface area contributed by atoms with E-state index in [0.717, 1.165) is 29.8 Å². The van der Waals surface area contributed by atoms with Gasteiger partial charge in [0.25, 0.3) is 0 Å². The molecule has 0 aromatic carbocycles. The Morgan fingerprint density at radius 2 is 1.93 bits per heavy atom. The van der Waals surface area contributed by atoms with Gasteiger partial charge in [-0.15, -0.1) is 0 Å². The lowest BCUT2D eigenvalue weighted by Crippen LogP contribution is -2.33. The van der Waals surface area contributed by atoms with Crippen molar-refractivity contribution >= 4 is 21.9 Å². The molecule has 0 aliphatic carbocycles. The Morgan fingerprint density at radius 3 is 2.33 bits per heavy atom. The van der Waals surface area contributed by atoms with Crippen LogP contribution in [-0.4, -0.2) is 22.6 Å². The third kappa shape index (κ3) is 3.16. The summed E-state index contributed by atoms with van der Waals surface area (Å²) in [7, 11) is 0. The zero-order valence-electron chi connectivity index (χ0n) is 9.57. The van der Waals surface area contributed by atoms with Gasteiger partial charge >= 0.3 is 0 Å². The molecule has 1 aromatic rings. The fourth-order valence-electron chi connectivity index (χ4n) is 1.44. The lowest BCUT2D eigenvalue weighted by Gasteiger charge is -2.26. The lowest BCUT2D eigenvalue weighted by molar-refractivity contribution is 0.614. The van der Waals surface area contributed by atoms with Crippen LogP contribution in [0.2, 0.25) is 0 Å². The summed E-state index contributed by atoms with van der Waals surface area (Å²) < 4.78 is 0. The molecule has 4 heteroatoms. The fourth-order valence-corrected chi connectivity index (χ4v) is 1.73. The second-order valence-corrected chi connectivity index (χ2v) is 4.13. The molecular weight excluding hydrogens is 254 g/mol. The maximum absolute atomic E-state index is 4.37. The van der Waals surface area contributed by atoms with Crippen molar-refractivity contribution in [1.82, 2.24) is 9.97 Å². The van der Waals surface area contributed by atoms with Crippen LogP contribution in [0.4, 0.5) is 5.95 Å². The molecule has 0 N–H and O–H groups in total. The van der Waals surface area contributed by atoms with Crippen molar-refractivity contribution in [2.45, 2.75) is 38.6 Å². The average molecular weight is 272 g/mol. The third-order valence-corrected chi connectivity index (χ3v) is 3.21. The Labute approximate surface area is 100 Å². The van der Waals surface area contributed by atoms with Crippen LogP contribution in [0.5, 0.6) is 0 Å². The number of aromatic nitrogens is 2. The van der Waals surface area contributed by atoms with Gasteiger partial charge in [0, 0.05) is 30.3 Å². The molecule has 3 nitrogen and oxygen atoms in total. The van der Waals surface area contributed by atoms with E-state index in [1.807, 2.05) is 12.4 Å². The van der Waals surface area contributed by atoms with Gasteiger partial charge in [-0.1, -0.05) is 22.9 Å². The summed E-state index contributed by atoms with van der Waals surface area (Å²) in [6.07, 6.45) is 4.86. The molecule has 1 atom stereocenters. The number of rotatable bonds is 5. The van der Waals surface area contributed by atoms with Crippen LogP contribution in [0.15, 0.2) is 12.4 Å². The van der Waals surface area contributed by atoms with Crippen LogP contribution in [0.25, 0.3) is 0 Å². The SMILES string of the molecule is CCC(C)N(CC)c1ncc(CBr)cn1. The first kappa shape index (κ1) is 12.4. The molecule has 0 spiro atoms. The summed E-state index contributed by atoms with van der Waals surface area (Å²) in [6, 6.07) is 0.491. The zero-order chi connectivity index (χ0) is 11.3. The van der Waals surface area contributed by atoms with Crippen molar-refractivity contribution < 1.29 is 0 Å². The second kappa shape index (κ2) is 6.05. The van der Waals surface area contributed by atoms with Crippen molar-refractivity contribution in [3.63, 3.8) is 0 Å². The van der Waals surface area contributed by atoms with E-state index in [2.05, 4.69) is 51.6 Å². The van der Waals surface area contributed by atoms with Crippen molar-refractivity contribution in [2.75, 3.05) is 11.4 Å². The zero-order valence-corrected chi connectivity index (χ0v) is 11.2. The molecule has 0 saturated carbocycles. The number of anilines is 1. The largest absolute Gasteiger partial charge is 0.338 e. The molecule has 0 saturated heterocycles. The molecule has 84 valence electrons. The Morgan fingerprint density at radius 1 is 1.33 bits per heavy atom. The average Bonchev–Trinajstić information content (AvgIpc) is 2.30. The maximum Gasteiger partial charge on any atom is 0.225 e. The van der Waals surface area contributed by atoms with Gasteiger partial charge in [-0.25, -0.2) is 9.97 Å². The summed E-state index contributed by atoms with van der Waals surface area (Å²) in [5.41, 5.74) is 1.11. The minimum absolute atomic E-state index is 0.491. The van der Waals surface area contributed by atoms with Crippen molar-refractivity contribution in [3.05, 3.63) is 18.0 Å². The highest BCUT2D eigenvalue weighted by Crippen LogP contribution is 2.13. The summed E-state index contributed by atoms with van der Waals surface area (Å²) in [5, 5.41) is 0.808. The maximum atomic E-state index is 4.37. The summed E-state index contributed by atoms with van der Waals surface area (Å²) in [6.45, 7) is 7.46. The highest BCUT2D eigenvalue weighted by Gasteiger charge is 2.12. The third-order valence-electron chi connectivity index (χ3n) is 2.57. The van der Waals surface area contributed by atoms with Gasteiger partial charge in [-0.05, 0) is 25.8 Å². The first-order chi connectivity index (χ1) is 7.22. The van der Waals surface area contributed by atoms with Gasteiger partial charge in [0.1, 0.15) is 0 Å². The molecule has 1 unspecified atom stereocenters. The van der Waals surface area contributed by atoms with Gasteiger partial charge in [-0.3, -0.25) is 0 Å². The van der Waals surface area contributed by atoms with Crippen LogP contribution < -0.4 is 4.90 Å². The molecule has 15 heavy (non-hydrogen) atoms. The highest BCUT2D eigenvalue weighted by atomic mass is 79.9. The summed E-state index contributed by atoms with van der Waals surface area (Å²) >= 11 is 3.39. The predicted molar refractivity (Wildman–Crippen MR) is 67.4 cm³/mol. The Hall–Kier alpha value is -0.640. The molecule has 0 amide bonds. The first-order valence-electron chi connectivity index (χ1n) is 5.36. The van der Waals surface area contributed by atoms with Gasteiger partial charge in [0.15, 0.2) is 0 Å². The number of halogens is 1. The molecule has 0 bridgehead atoms. The number of hydrogen-bond acceptors (Lipinski definition) is 3. The Bertz CT molecular complexity index is 286. The lowest BCUT2D eigenvalue weighted by atomic mass is 10.2. The number of nitrogens with zero attached hydrogens (tertiary/aromatic N) is 3. The minimum atomic E-state index is 0.491. The van der Waals surface area contributed by atoms with Crippen LogP contribution >= 0.6 is 15.9 Å². The van der Waals surface area contributed by atoms with Crippen molar-refractivity contribution in [2.24, 2.45) is 0 Å². The normalized spacial score (nSPS) is 12.5. The van der Waals surface area contributed by atoms with Crippen molar-refractivity contribution in [1.29, 1.82) is 0 Å². The standard InChI is InChI=1S/C11H18BrN3/c1-4-9(3)15(5-2)11-13-7-10(6-12)8-14-11/h7-9H,4-6H2,1-3H3. The topological polar surface area (TPSA) is 29.0 Å². The highest BCUT2D eigenvalue weighted by molar-refractivity contribution is 9.08. The Balaban J connectivity index is 2.83. The van der Waals surface area contributed by atoms with Gasteiger partial charge in [0.05, 0.1) is 0 Å². The van der Waals surface area contributed by atoms with Crippen molar-refractivity contribution in [3.8, 4) is 0 Å². The van der Waals surface area contributed by atoms with Gasteiger partial charge in [-0.2, -0.15) is 0 Å². The van der Waals surface area contributed by atoms with E-state index >= 15 is 0 Å². The monoisotopic (exact) mass is 271 g/mol. The first-order valence-corrected chi connectivity index (χ1v) is 6.48. The number of hydrogen-bond donors (Lipinski definition) is 0.